The molecular formula is C13H26IN3O3. The van der Waals surface area contributed by atoms with E-state index in [9.17, 15) is 4.79 Å². The molecule has 1 atom stereocenters. The monoisotopic (exact) mass is 399 g/mol. The van der Waals surface area contributed by atoms with Crippen molar-refractivity contribution >= 4 is 35.9 Å². The Morgan fingerprint density at radius 2 is 2.20 bits per heavy atom. The number of carbonyl (C=O) groups excluding carboxylic acids is 1. The number of carbonyl (C=O) groups is 1. The van der Waals surface area contributed by atoms with Crippen LogP contribution < -0.4 is 10.6 Å². The maximum atomic E-state index is 11.3. The number of nitrogens with one attached hydrogen (secondary N) is 2. The van der Waals surface area contributed by atoms with Crippen LogP contribution in [-0.2, 0) is 14.3 Å². The van der Waals surface area contributed by atoms with Crippen molar-refractivity contribution in [2.75, 3.05) is 26.7 Å². The van der Waals surface area contributed by atoms with Crippen LogP contribution in [0, 0.1) is 0 Å². The molecule has 1 fully saturated rings. The molecular weight excluding hydrogens is 373 g/mol. The summed E-state index contributed by atoms with van der Waals surface area (Å²) in [5.41, 5.74) is 0. The molecule has 1 aliphatic rings. The number of guanidine groups is 1. The third-order valence-electron chi connectivity index (χ3n) is 2.73. The van der Waals surface area contributed by atoms with E-state index in [1.807, 2.05) is 13.8 Å². The van der Waals surface area contributed by atoms with Crippen LogP contribution in [-0.4, -0.2) is 50.9 Å². The van der Waals surface area contributed by atoms with E-state index >= 15 is 0 Å². The van der Waals surface area contributed by atoms with Crippen LogP contribution >= 0.6 is 24.0 Å². The smallest absolute Gasteiger partial charge is 0.307 e. The normalized spacial score (nSPS) is 18.6. The lowest BCUT2D eigenvalue weighted by Crippen LogP contribution is -2.41. The molecule has 0 radical (unpaired) electrons. The number of hydrogen-bond acceptors (Lipinski definition) is 4. The van der Waals surface area contributed by atoms with E-state index in [1.165, 1.54) is 0 Å². The molecule has 0 bridgehead atoms. The average molecular weight is 399 g/mol. The van der Waals surface area contributed by atoms with E-state index in [-0.39, 0.29) is 42.2 Å². The Morgan fingerprint density at radius 3 is 2.75 bits per heavy atom. The SMILES string of the molecule is CN=C(NCCC(=O)OC(C)C)NCC1CCCO1.I. The molecule has 6 nitrogen and oxygen atoms in total. The number of hydrogen-bond donors (Lipinski definition) is 2. The second kappa shape index (κ2) is 11.1. The first-order valence-corrected chi connectivity index (χ1v) is 6.87. The fraction of sp³-hybridized carbons (Fsp3) is 0.846. The Bertz CT molecular complexity index is 305. The molecule has 0 saturated carbocycles. The second-order valence-corrected chi connectivity index (χ2v) is 4.80. The fourth-order valence-electron chi connectivity index (χ4n) is 1.84. The van der Waals surface area contributed by atoms with Crippen LogP contribution in [0.1, 0.15) is 33.1 Å². The molecule has 0 spiro atoms. The lowest BCUT2D eigenvalue weighted by molar-refractivity contribution is -0.147. The van der Waals surface area contributed by atoms with Crippen LogP contribution in [0.15, 0.2) is 4.99 Å². The highest BCUT2D eigenvalue weighted by Crippen LogP contribution is 2.10. The Hall–Kier alpha value is -0.570. The minimum absolute atomic E-state index is 0. The van der Waals surface area contributed by atoms with Gasteiger partial charge in [-0.3, -0.25) is 9.79 Å². The Morgan fingerprint density at radius 1 is 1.45 bits per heavy atom. The van der Waals surface area contributed by atoms with Gasteiger partial charge >= 0.3 is 5.97 Å². The molecule has 1 unspecified atom stereocenters. The fourth-order valence-corrected chi connectivity index (χ4v) is 1.84. The quantitative estimate of drug-likeness (QED) is 0.305. The van der Waals surface area contributed by atoms with Crippen molar-refractivity contribution in [1.29, 1.82) is 0 Å². The van der Waals surface area contributed by atoms with Crippen molar-refractivity contribution in [2.24, 2.45) is 4.99 Å². The van der Waals surface area contributed by atoms with E-state index < -0.39 is 0 Å². The van der Waals surface area contributed by atoms with Crippen LogP contribution in [0.2, 0.25) is 0 Å². The zero-order valence-corrected chi connectivity index (χ0v) is 14.8. The molecule has 1 saturated heterocycles. The number of halogens is 1. The Kier molecular flexibility index (Phi) is 10.8. The van der Waals surface area contributed by atoms with Gasteiger partial charge in [0.25, 0.3) is 0 Å². The van der Waals surface area contributed by atoms with Crippen molar-refractivity contribution in [2.45, 2.75) is 45.3 Å². The lowest BCUT2D eigenvalue weighted by Gasteiger charge is -2.15. The van der Waals surface area contributed by atoms with Gasteiger partial charge in [0.2, 0.25) is 0 Å². The van der Waals surface area contributed by atoms with Gasteiger partial charge in [0.05, 0.1) is 18.6 Å². The Balaban J connectivity index is 0.00000361. The maximum absolute atomic E-state index is 11.3. The van der Waals surface area contributed by atoms with Gasteiger partial charge in [-0.1, -0.05) is 0 Å². The van der Waals surface area contributed by atoms with Gasteiger partial charge in [-0.25, -0.2) is 0 Å². The summed E-state index contributed by atoms with van der Waals surface area (Å²) in [5, 5.41) is 6.27. The molecule has 0 aromatic heterocycles. The van der Waals surface area contributed by atoms with Crippen molar-refractivity contribution in [3.05, 3.63) is 0 Å². The number of esters is 1. The molecule has 2 N–H and O–H groups in total. The molecule has 0 aromatic rings. The largest absolute Gasteiger partial charge is 0.463 e. The predicted octanol–water partition coefficient (Wildman–Crippen LogP) is 1.29. The predicted molar refractivity (Wildman–Crippen MR) is 89.6 cm³/mol. The summed E-state index contributed by atoms with van der Waals surface area (Å²) < 4.78 is 10.6. The molecule has 1 rings (SSSR count). The Labute approximate surface area is 138 Å². The van der Waals surface area contributed by atoms with Gasteiger partial charge < -0.3 is 20.1 Å². The van der Waals surface area contributed by atoms with E-state index in [4.69, 9.17) is 9.47 Å². The molecule has 0 aliphatic carbocycles. The molecule has 0 aromatic carbocycles. The molecule has 118 valence electrons. The highest BCUT2D eigenvalue weighted by Gasteiger charge is 2.15. The first-order chi connectivity index (χ1) is 9.11. The summed E-state index contributed by atoms with van der Waals surface area (Å²) in [6, 6.07) is 0. The molecule has 20 heavy (non-hydrogen) atoms. The third-order valence-corrected chi connectivity index (χ3v) is 2.73. The molecule has 0 amide bonds. The zero-order valence-electron chi connectivity index (χ0n) is 12.5. The van der Waals surface area contributed by atoms with Gasteiger partial charge in [-0.05, 0) is 26.7 Å². The highest BCUT2D eigenvalue weighted by molar-refractivity contribution is 14.0. The molecule has 1 aliphatic heterocycles. The van der Waals surface area contributed by atoms with Crippen LogP contribution in [0.25, 0.3) is 0 Å². The van der Waals surface area contributed by atoms with Crippen molar-refractivity contribution in [3.63, 3.8) is 0 Å². The summed E-state index contributed by atoms with van der Waals surface area (Å²) in [7, 11) is 1.71. The first kappa shape index (κ1) is 19.4. The van der Waals surface area contributed by atoms with E-state index in [0.717, 1.165) is 26.0 Å². The summed E-state index contributed by atoms with van der Waals surface area (Å²) in [6.45, 7) is 5.78. The van der Waals surface area contributed by atoms with Crippen molar-refractivity contribution < 1.29 is 14.3 Å². The second-order valence-electron chi connectivity index (χ2n) is 4.80. The molecule has 1 heterocycles. The van der Waals surface area contributed by atoms with E-state index in [2.05, 4.69) is 15.6 Å². The van der Waals surface area contributed by atoms with Crippen molar-refractivity contribution in [3.8, 4) is 0 Å². The number of rotatable bonds is 6. The summed E-state index contributed by atoms with van der Waals surface area (Å²) in [4.78, 5) is 15.4. The van der Waals surface area contributed by atoms with Gasteiger partial charge in [0, 0.05) is 26.7 Å². The minimum atomic E-state index is -0.197. The highest BCUT2D eigenvalue weighted by atomic mass is 127. The number of ether oxygens (including phenoxy) is 2. The minimum Gasteiger partial charge on any atom is -0.463 e. The standard InChI is InChI=1S/C13H25N3O3.HI/c1-10(2)19-12(17)6-7-15-13(14-3)16-9-11-5-4-8-18-11;/h10-11H,4-9H2,1-3H3,(H2,14,15,16);1H. The van der Waals surface area contributed by atoms with Gasteiger partial charge in [0.15, 0.2) is 5.96 Å². The number of nitrogens with zero attached hydrogens (tertiary/aromatic N) is 1. The average Bonchev–Trinajstić information content (AvgIpc) is 2.85. The topological polar surface area (TPSA) is 72.0 Å². The lowest BCUT2D eigenvalue weighted by atomic mass is 10.2. The van der Waals surface area contributed by atoms with Gasteiger partial charge in [0.1, 0.15) is 0 Å². The van der Waals surface area contributed by atoms with Crippen LogP contribution in [0.4, 0.5) is 0 Å². The van der Waals surface area contributed by atoms with Crippen molar-refractivity contribution in [1.82, 2.24) is 10.6 Å². The first-order valence-electron chi connectivity index (χ1n) is 6.87. The molecule has 7 heteroatoms. The summed E-state index contributed by atoms with van der Waals surface area (Å²) in [6.07, 6.45) is 2.75. The van der Waals surface area contributed by atoms with Crippen LogP contribution in [0.5, 0.6) is 0 Å². The van der Waals surface area contributed by atoms with Gasteiger partial charge in [-0.15, -0.1) is 24.0 Å². The maximum Gasteiger partial charge on any atom is 0.307 e. The summed E-state index contributed by atoms with van der Waals surface area (Å²) >= 11 is 0. The summed E-state index contributed by atoms with van der Waals surface area (Å²) in [5.74, 6) is 0.491. The van der Waals surface area contributed by atoms with Crippen LogP contribution in [0.3, 0.4) is 0 Å². The van der Waals surface area contributed by atoms with E-state index in [0.29, 0.717) is 18.9 Å². The van der Waals surface area contributed by atoms with Gasteiger partial charge in [-0.2, -0.15) is 0 Å². The number of aliphatic imine (C=N–C) groups is 1. The van der Waals surface area contributed by atoms with E-state index in [1.54, 1.807) is 7.05 Å². The third kappa shape index (κ3) is 8.57. The zero-order chi connectivity index (χ0) is 14.1.